The summed E-state index contributed by atoms with van der Waals surface area (Å²) in [5, 5.41) is 2.17. The molecule has 26 heavy (non-hydrogen) atoms. The van der Waals surface area contributed by atoms with Crippen molar-refractivity contribution in [2.24, 2.45) is 4.99 Å². The number of ether oxygens (including phenoxy) is 2. The highest BCUT2D eigenvalue weighted by atomic mass is 32.1. The zero-order valence-electron chi connectivity index (χ0n) is 15.4. The first-order valence-electron chi connectivity index (χ1n) is 8.70. The third kappa shape index (κ3) is 4.23. The molecule has 0 radical (unpaired) electrons. The van der Waals surface area contributed by atoms with E-state index in [1.54, 1.807) is 25.6 Å². The van der Waals surface area contributed by atoms with Crippen molar-refractivity contribution in [3.63, 3.8) is 0 Å². The molecule has 0 saturated heterocycles. The second-order valence-electron chi connectivity index (χ2n) is 5.91. The molecule has 3 aromatic rings. The highest BCUT2D eigenvalue weighted by molar-refractivity contribution is 7.07. The van der Waals surface area contributed by atoms with Gasteiger partial charge >= 0.3 is 0 Å². The van der Waals surface area contributed by atoms with Crippen LogP contribution >= 0.6 is 11.3 Å². The highest BCUT2D eigenvalue weighted by Gasteiger charge is 2.08. The van der Waals surface area contributed by atoms with E-state index in [-0.39, 0.29) is 0 Å². The van der Waals surface area contributed by atoms with Gasteiger partial charge in [0.1, 0.15) is 5.75 Å². The van der Waals surface area contributed by atoms with Crippen LogP contribution in [0.3, 0.4) is 0 Å². The van der Waals surface area contributed by atoms with Gasteiger partial charge in [0.25, 0.3) is 0 Å². The molecular formula is C21H24N2O2S. The molecule has 4 nitrogen and oxygen atoms in total. The largest absolute Gasteiger partial charge is 0.497 e. The molecule has 0 atom stereocenters. The topological polar surface area (TPSA) is 35.8 Å². The summed E-state index contributed by atoms with van der Waals surface area (Å²) in [5.41, 5.74) is 4.62. The van der Waals surface area contributed by atoms with Gasteiger partial charge in [-0.15, -0.1) is 11.3 Å². The van der Waals surface area contributed by atoms with Gasteiger partial charge in [-0.05, 0) is 41.8 Å². The van der Waals surface area contributed by atoms with Crippen LogP contribution in [0, 0.1) is 0 Å². The molecule has 1 aromatic heterocycles. The number of aromatic nitrogens is 1. The number of aryl methyl sites for hydroxylation is 1. The van der Waals surface area contributed by atoms with Crippen LogP contribution in [0.4, 0.5) is 5.69 Å². The van der Waals surface area contributed by atoms with Crippen LogP contribution in [0.25, 0.3) is 11.3 Å². The van der Waals surface area contributed by atoms with Crippen LogP contribution < -0.4 is 9.54 Å². The van der Waals surface area contributed by atoms with Gasteiger partial charge in [0.2, 0.25) is 0 Å². The van der Waals surface area contributed by atoms with Crippen molar-refractivity contribution in [3.8, 4) is 17.0 Å². The predicted molar refractivity (Wildman–Crippen MR) is 107 cm³/mol. The lowest BCUT2D eigenvalue weighted by atomic mass is 10.1. The van der Waals surface area contributed by atoms with E-state index < -0.39 is 0 Å². The molecule has 5 heteroatoms. The van der Waals surface area contributed by atoms with Gasteiger partial charge in [-0.2, -0.15) is 0 Å². The Kier molecular flexibility index (Phi) is 6.26. The van der Waals surface area contributed by atoms with E-state index in [2.05, 4.69) is 41.1 Å². The maximum Gasteiger partial charge on any atom is 0.190 e. The minimum Gasteiger partial charge on any atom is -0.497 e. The van der Waals surface area contributed by atoms with Crippen molar-refractivity contribution in [2.75, 3.05) is 20.8 Å². The van der Waals surface area contributed by atoms with Gasteiger partial charge in [-0.1, -0.05) is 31.2 Å². The van der Waals surface area contributed by atoms with Crippen molar-refractivity contribution < 1.29 is 9.47 Å². The zero-order chi connectivity index (χ0) is 18.4. The standard InChI is InChI=1S/C21H24N2O2S/c1-4-16-5-7-17(8-6-16)20-15-26-21(23(20)13-14-24-2)22-18-9-11-19(25-3)12-10-18/h5-12,15H,4,13-14H2,1-3H3. The lowest BCUT2D eigenvalue weighted by molar-refractivity contribution is 0.187. The molecule has 0 spiro atoms. The molecule has 3 rings (SSSR count). The number of thiazole rings is 1. The summed E-state index contributed by atoms with van der Waals surface area (Å²) < 4.78 is 12.7. The Bertz CT molecular complexity index is 893. The van der Waals surface area contributed by atoms with Crippen molar-refractivity contribution in [3.05, 3.63) is 64.3 Å². The number of nitrogens with zero attached hydrogens (tertiary/aromatic N) is 2. The van der Waals surface area contributed by atoms with E-state index in [0.717, 1.165) is 29.2 Å². The smallest absolute Gasteiger partial charge is 0.190 e. The minimum atomic E-state index is 0.645. The molecule has 0 saturated carbocycles. The van der Waals surface area contributed by atoms with E-state index in [0.29, 0.717) is 6.61 Å². The summed E-state index contributed by atoms with van der Waals surface area (Å²) in [4.78, 5) is 5.78. The fourth-order valence-corrected chi connectivity index (χ4v) is 3.68. The van der Waals surface area contributed by atoms with Gasteiger partial charge in [0.15, 0.2) is 4.80 Å². The number of rotatable bonds is 7. The summed E-state index contributed by atoms with van der Waals surface area (Å²) in [6.45, 7) is 3.58. The molecule has 0 bridgehead atoms. The fourth-order valence-electron chi connectivity index (χ4n) is 2.73. The SMILES string of the molecule is CCc1ccc(-c2csc(=Nc3ccc(OC)cc3)n2CCOC)cc1. The Balaban J connectivity index is 2.01. The summed E-state index contributed by atoms with van der Waals surface area (Å²) in [5.74, 6) is 0.832. The van der Waals surface area contributed by atoms with Gasteiger partial charge in [-0.25, -0.2) is 4.99 Å². The normalized spacial score (nSPS) is 11.7. The third-order valence-electron chi connectivity index (χ3n) is 4.27. The van der Waals surface area contributed by atoms with Gasteiger partial charge < -0.3 is 14.0 Å². The maximum atomic E-state index is 5.30. The average molecular weight is 369 g/mol. The third-order valence-corrected chi connectivity index (χ3v) is 5.14. The Hall–Kier alpha value is -2.37. The number of hydrogen-bond acceptors (Lipinski definition) is 4. The van der Waals surface area contributed by atoms with Crippen molar-refractivity contribution in [1.29, 1.82) is 0 Å². The molecule has 136 valence electrons. The monoisotopic (exact) mass is 368 g/mol. The molecule has 0 unspecified atom stereocenters. The van der Waals surface area contributed by atoms with Crippen LogP contribution in [0.2, 0.25) is 0 Å². The number of hydrogen-bond donors (Lipinski definition) is 0. The van der Waals surface area contributed by atoms with Crippen LogP contribution in [0.1, 0.15) is 12.5 Å². The molecule has 2 aromatic carbocycles. The Morgan fingerprint density at radius 3 is 2.35 bits per heavy atom. The van der Waals surface area contributed by atoms with E-state index in [1.807, 2.05) is 24.3 Å². The van der Waals surface area contributed by atoms with Gasteiger partial charge in [0.05, 0.1) is 25.1 Å². The molecule has 0 aliphatic heterocycles. The first-order chi connectivity index (χ1) is 12.7. The van der Waals surface area contributed by atoms with E-state index in [1.165, 1.54) is 16.8 Å². The van der Waals surface area contributed by atoms with Crippen LogP contribution in [-0.4, -0.2) is 25.4 Å². The van der Waals surface area contributed by atoms with Crippen LogP contribution in [-0.2, 0) is 17.7 Å². The Labute approximate surface area is 158 Å². The summed E-state index contributed by atoms with van der Waals surface area (Å²) in [6.07, 6.45) is 1.05. The van der Waals surface area contributed by atoms with E-state index >= 15 is 0 Å². The molecule has 0 fully saturated rings. The highest BCUT2D eigenvalue weighted by Crippen LogP contribution is 2.22. The second-order valence-corrected chi connectivity index (χ2v) is 6.74. The fraction of sp³-hybridized carbons (Fsp3) is 0.286. The Morgan fingerprint density at radius 2 is 1.73 bits per heavy atom. The molecule has 0 N–H and O–H groups in total. The van der Waals surface area contributed by atoms with Crippen LogP contribution in [0.5, 0.6) is 5.75 Å². The molecular weight excluding hydrogens is 344 g/mol. The summed E-state index contributed by atoms with van der Waals surface area (Å²) in [7, 11) is 3.39. The van der Waals surface area contributed by atoms with Crippen molar-refractivity contribution in [1.82, 2.24) is 4.57 Å². The van der Waals surface area contributed by atoms with E-state index in [4.69, 9.17) is 14.5 Å². The number of methoxy groups -OCH3 is 2. The van der Waals surface area contributed by atoms with E-state index in [9.17, 15) is 0 Å². The van der Waals surface area contributed by atoms with Gasteiger partial charge in [0, 0.05) is 19.0 Å². The zero-order valence-corrected chi connectivity index (χ0v) is 16.3. The lowest BCUT2D eigenvalue weighted by Gasteiger charge is -2.09. The molecule has 0 amide bonds. The first-order valence-corrected chi connectivity index (χ1v) is 9.58. The lowest BCUT2D eigenvalue weighted by Crippen LogP contribution is -2.18. The molecule has 0 aliphatic rings. The van der Waals surface area contributed by atoms with Gasteiger partial charge in [-0.3, -0.25) is 0 Å². The Morgan fingerprint density at radius 1 is 1.00 bits per heavy atom. The molecule has 0 aliphatic carbocycles. The average Bonchev–Trinajstić information content (AvgIpc) is 3.09. The quantitative estimate of drug-likeness (QED) is 0.608. The van der Waals surface area contributed by atoms with Crippen molar-refractivity contribution >= 4 is 17.0 Å². The second kappa shape index (κ2) is 8.83. The predicted octanol–water partition coefficient (Wildman–Crippen LogP) is 4.67. The summed E-state index contributed by atoms with van der Waals surface area (Å²) >= 11 is 1.65. The molecule has 1 heterocycles. The van der Waals surface area contributed by atoms with Crippen molar-refractivity contribution in [2.45, 2.75) is 19.9 Å². The number of benzene rings is 2. The van der Waals surface area contributed by atoms with Crippen LogP contribution in [0.15, 0.2) is 58.9 Å². The first kappa shape index (κ1) is 18.4. The summed E-state index contributed by atoms with van der Waals surface area (Å²) in [6, 6.07) is 16.5. The minimum absolute atomic E-state index is 0.645. The maximum absolute atomic E-state index is 5.30.